The highest BCUT2D eigenvalue weighted by atomic mass is 32.2. The summed E-state index contributed by atoms with van der Waals surface area (Å²) in [6, 6.07) is 16.0. The Balaban J connectivity index is 2.02. The lowest BCUT2D eigenvalue weighted by molar-refractivity contribution is 0.218. The maximum atomic E-state index is 12.3. The zero-order chi connectivity index (χ0) is 16.7. The molecule has 0 aliphatic rings. The molecule has 0 radical (unpaired) electrons. The predicted octanol–water partition coefficient (Wildman–Crippen LogP) is 3.46. The Morgan fingerprint density at radius 1 is 1.09 bits per heavy atom. The second kappa shape index (κ2) is 8.49. The highest BCUT2D eigenvalue weighted by Gasteiger charge is 2.17. The molecule has 1 unspecified atom stereocenters. The van der Waals surface area contributed by atoms with Crippen molar-refractivity contribution in [3.05, 3.63) is 60.2 Å². The van der Waals surface area contributed by atoms with E-state index in [-0.39, 0.29) is 10.9 Å². The number of rotatable bonds is 8. The maximum Gasteiger partial charge on any atom is 0.241 e. The minimum atomic E-state index is -3.51. The predicted molar refractivity (Wildman–Crippen MR) is 94.2 cm³/mol. The van der Waals surface area contributed by atoms with Crippen molar-refractivity contribution in [2.75, 3.05) is 19.5 Å². The molecule has 0 aliphatic carbocycles. The molecule has 0 aliphatic heterocycles. The quantitative estimate of drug-likeness (QED) is 0.584. The monoisotopic (exact) mass is 351 g/mol. The Morgan fingerprint density at radius 2 is 1.74 bits per heavy atom. The molecule has 0 bridgehead atoms. The van der Waals surface area contributed by atoms with Crippen LogP contribution in [-0.4, -0.2) is 27.9 Å². The van der Waals surface area contributed by atoms with Crippen LogP contribution in [0.25, 0.3) is 0 Å². The summed E-state index contributed by atoms with van der Waals surface area (Å²) in [6.07, 6.45) is 0. The van der Waals surface area contributed by atoms with Crippen molar-refractivity contribution >= 4 is 21.8 Å². The third-order valence-corrected chi connectivity index (χ3v) is 5.85. The number of nitrogens with one attached hydrogen (secondary N) is 1. The summed E-state index contributed by atoms with van der Waals surface area (Å²) in [6.45, 7) is 2.55. The smallest absolute Gasteiger partial charge is 0.241 e. The maximum absolute atomic E-state index is 12.3. The Morgan fingerprint density at radius 3 is 2.35 bits per heavy atom. The van der Waals surface area contributed by atoms with Crippen LogP contribution < -0.4 is 4.72 Å². The molecule has 124 valence electrons. The zero-order valence-corrected chi connectivity index (χ0v) is 14.9. The van der Waals surface area contributed by atoms with Crippen LogP contribution in [0.5, 0.6) is 0 Å². The molecule has 2 rings (SSSR count). The molecule has 0 heterocycles. The number of ether oxygens (including phenoxy) is 1. The third-order valence-electron chi connectivity index (χ3n) is 3.32. The molecule has 0 aromatic heterocycles. The first-order valence-corrected chi connectivity index (χ1v) is 9.79. The number of hydrogen-bond acceptors (Lipinski definition) is 4. The van der Waals surface area contributed by atoms with Gasteiger partial charge in [-0.25, -0.2) is 13.1 Å². The lowest BCUT2D eigenvalue weighted by Gasteiger charge is -2.15. The van der Waals surface area contributed by atoms with E-state index >= 15 is 0 Å². The fraction of sp³-hybridized carbons (Fsp3) is 0.294. The number of sulfonamides is 1. The second-order valence-corrected chi connectivity index (χ2v) is 7.95. The van der Waals surface area contributed by atoms with E-state index in [1.54, 1.807) is 49.2 Å². The minimum Gasteiger partial charge on any atom is -0.384 e. The van der Waals surface area contributed by atoms with E-state index < -0.39 is 10.0 Å². The number of benzene rings is 2. The zero-order valence-electron chi connectivity index (χ0n) is 13.2. The Labute approximate surface area is 142 Å². The lowest BCUT2D eigenvalue weighted by Crippen LogP contribution is -2.26. The van der Waals surface area contributed by atoms with Crippen molar-refractivity contribution in [2.24, 2.45) is 0 Å². The third kappa shape index (κ3) is 5.35. The van der Waals surface area contributed by atoms with E-state index in [1.165, 1.54) is 0 Å². The van der Waals surface area contributed by atoms with Gasteiger partial charge in [0.25, 0.3) is 0 Å². The van der Waals surface area contributed by atoms with E-state index in [0.717, 1.165) is 16.2 Å². The standard InChI is InChI=1S/C17H21NO3S2/c1-14(18-23(19,20)17-6-4-3-5-7-17)15-8-10-16(11-9-15)22-13-12-21-2/h3-11,14,18H,12-13H2,1-2H3. The molecule has 1 N–H and O–H groups in total. The molecular formula is C17H21NO3S2. The summed E-state index contributed by atoms with van der Waals surface area (Å²) in [5.74, 6) is 0.895. The van der Waals surface area contributed by atoms with E-state index in [9.17, 15) is 8.42 Å². The van der Waals surface area contributed by atoms with Gasteiger partial charge in [0.1, 0.15) is 0 Å². The molecule has 1 atom stereocenters. The van der Waals surface area contributed by atoms with Gasteiger partial charge < -0.3 is 4.74 Å². The van der Waals surface area contributed by atoms with Crippen LogP contribution in [0.3, 0.4) is 0 Å². The summed E-state index contributed by atoms with van der Waals surface area (Å²) in [5, 5.41) is 0. The first-order chi connectivity index (χ1) is 11.0. The van der Waals surface area contributed by atoms with Gasteiger partial charge in [-0.3, -0.25) is 0 Å². The molecule has 6 heteroatoms. The first kappa shape index (κ1) is 18.0. The topological polar surface area (TPSA) is 55.4 Å². The lowest BCUT2D eigenvalue weighted by atomic mass is 10.1. The van der Waals surface area contributed by atoms with Crippen molar-refractivity contribution in [2.45, 2.75) is 22.8 Å². The van der Waals surface area contributed by atoms with Crippen LogP contribution in [0, 0.1) is 0 Å². The van der Waals surface area contributed by atoms with Crippen molar-refractivity contribution in [1.82, 2.24) is 4.72 Å². The fourth-order valence-electron chi connectivity index (χ4n) is 2.06. The second-order valence-electron chi connectivity index (χ2n) is 5.07. The molecule has 4 nitrogen and oxygen atoms in total. The summed E-state index contributed by atoms with van der Waals surface area (Å²) < 4.78 is 32.4. The van der Waals surface area contributed by atoms with Crippen molar-refractivity contribution < 1.29 is 13.2 Å². The van der Waals surface area contributed by atoms with Crippen molar-refractivity contribution in [3.63, 3.8) is 0 Å². The van der Waals surface area contributed by atoms with Gasteiger partial charge in [-0.2, -0.15) is 0 Å². The highest BCUT2D eigenvalue weighted by molar-refractivity contribution is 7.99. The summed E-state index contributed by atoms with van der Waals surface area (Å²) in [5.41, 5.74) is 0.931. The van der Waals surface area contributed by atoms with E-state index in [4.69, 9.17) is 4.74 Å². The van der Waals surface area contributed by atoms with Crippen LogP contribution >= 0.6 is 11.8 Å². The van der Waals surface area contributed by atoms with Crippen molar-refractivity contribution in [1.29, 1.82) is 0 Å². The largest absolute Gasteiger partial charge is 0.384 e. The van der Waals surface area contributed by atoms with Crippen molar-refractivity contribution in [3.8, 4) is 0 Å². The van der Waals surface area contributed by atoms with Gasteiger partial charge >= 0.3 is 0 Å². The van der Waals surface area contributed by atoms with E-state index in [0.29, 0.717) is 6.61 Å². The van der Waals surface area contributed by atoms with Gasteiger partial charge in [-0.15, -0.1) is 11.8 Å². The molecule has 0 saturated heterocycles. The Hall–Kier alpha value is -1.34. The number of methoxy groups -OCH3 is 1. The van der Waals surface area contributed by atoms with Gasteiger partial charge in [0, 0.05) is 23.8 Å². The summed E-state index contributed by atoms with van der Waals surface area (Å²) in [4.78, 5) is 1.42. The molecular weight excluding hydrogens is 330 g/mol. The molecule has 0 amide bonds. The average Bonchev–Trinajstić information content (AvgIpc) is 2.56. The molecule has 0 saturated carbocycles. The fourth-order valence-corrected chi connectivity index (χ4v) is 4.13. The van der Waals surface area contributed by atoms with Gasteiger partial charge in [0.2, 0.25) is 10.0 Å². The molecule has 23 heavy (non-hydrogen) atoms. The van der Waals surface area contributed by atoms with Gasteiger partial charge in [0.15, 0.2) is 0 Å². The highest BCUT2D eigenvalue weighted by Crippen LogP contribution is 2.22. The molecule has 0 fully saturated rings. The van der Waals surface area contributed by atoms with Crippen LogP contribution in [0.2, 0.25) is 0 Å². The Kier molecular flexibility index (Phi) is 6.65. The van der Waals surface area contributed by atoms with Crippen LogP contribution in [0.15, 0.2) is 64.4 Å². The summed E-state index contributed by atoms with van der Waals surface area (Å²) in [7, 11) is -1.82. The van der Waals surface area contributed by atoms with Crippen LogP contribution in [0.1, 0.15) is 18.5 Å². The minimum absolute atomic E-state index is 0.276. The Bertz CT molecular complexity index is 700. The van der Waals surface area contributed by atoms with Gasteiger partial charge in [-0.1, -0.05) is 30.3 Å². The average molecular weight is 351 g/mol. The first-order valence-electron chi connectivity index (χ1n) is 7.32. The van der Waals surface area contributed by atoms with Crippen LogP contribution in [0.4, 0.5) is 0 Å². The normalized spacial score (nSPS) is 13.0. The van der Waals surface area contributed by atoms with E-state index in [1.807, 2.05) is 31.2 Å². The van der Waals surface area contributed by atoms with E-state index in [2.05, 4.69) is 4.72 Å². The summed E-state index contributed by atoms with van der Waals surface area (Å²) >= 11 is 1.71. The van der Waals surface area contributed by atoms with Gasteiger partial charge in [-0.05, 0) is 36.8 Å². The molecule has 0 spiro atoms. The van der Waals surface area contributed by atoms with Gasteiger partial charge in [0.05, 0.1) is 11.5 Å². The number of thioether (sulfide) groups is 1. The number of hydrogen-bond donors (Lipinski definition) is 1. The van der Waals surface area contributed by atoms with Crippen LogP contribution in [-0.2, 0) is 14.8 Å². The SMILES string of the molecule is COCCSc1ccc(C(C)NS(=O)(=O)c2ccccc2)cc1. The molecule has 2 aromatic carbocycles. The molecule has 2 aromatic rings.